The fourth-order valence-electron chi connectivity index (χ4n) is 2.20. The maximum absolute atomic E-state index is 13.4. The Hall–Kier alpha value is -2.49. The van der Waals surface area contributed by atoms with Crippen LogP contribution in [0.4, 0.5) is 17.6 Å². The highest BCUT2D eigenvalue weighted by Gasteiger charge is 2.63. The Balaban J connectivity index is 1.71. The van der Waals surface area contributed by atoms with Crippen LogP contribution in [0.5, 0.6) is 5.75 Å². The lowest BCUT2D eigenvalue weighted by Crippen LogP contribution is -2.45. The summed E-state index contributed by atoms with van der Waals surface area (Å²) in [4.78, 5) is 31.2. The van der Waals surface area contributed by atoms with Gasteiger partial charge >= 0.3 is 11.4 Å². The molecule has 5 nitrogen and oxygen atoms in total. The van der Waals surface area contributed by atoms with Crippen LogP contribution in [0.3, 0.4) is 0 Å². The van der Waals surface area contributed by atoms with Crippen LogP contribution in [-0.4, -0.2) is 32.9 Å². The molecule has 0 atom stereocenters. The molecule has 2 heterocycles. The Bertz CT molecular complexity index is 862. The van der Waals surface area contributed by atoms with Gasteiger partial charge < -0.3 is 4.74 Å². The minimum atomic E-state index is -4.64. The predicted octanol–water partition coefficient (Wildman–Crippen LogP) is 3.99. The molecule has 2 aromatic rings. The lowest BCUT2D eigenvalue weighted by atomic mass is 10.0. The molecule has 0 fully saturated rings. The first-order chi connectivity index (χ1) is 12.2. The molecule has 0 N–H and O–H groups in total. The molecule has 0 unspecified atom stereocenters. The highest BCUT2D eigenvalue weighted by atomic mass is 32.2. The summed E-state index contributed by atoms with van der Waals surface area (Å²) in [6.07, 6.45) is -1.05. The van der Waals surface area contributed by atoms with Gasteiger partial charge in [-0.1, -0.05) is 0 Å². The van der Waals surface area contributed by atoms with Crippen molar-refractivity contribution in [2.24, 2.45) is 0 Å². The van der Waals surface area contributed by atoms with E-state index in [-0.39, 0.29) is 46.4 Å². The molecule has 1 aliphatic rings. The van der Waals surface area contributed by atoms with Crippen molar-refractivity contribution in [1.29, 1.82) is 0 Å². The molecule has 0 saturated carbocycles. The second kappa shape index (κ2) is 6.67. The van der Waals surface area contributed by atoms with E-state index >= 15 is 0 Å². The minimum Gasteiger partial charge on any atom is -0.426 e. The van der Waals surface area contributed by atoms with Crippen molar-refractivity contribution >= 4 is 23.3 Å². The molecule has 26 heavy (non-hydrogen) atoms. The van der Waals surface area contributed by atoms with Crippen LogP contribution in [0.1, 0.15) is 33.6 Å². The number of ether oxygens (including phenoxy) is 1. The Morgan fingerprint density at radius 1 is 1.00 bits per heavy atom. The molecule has 1 aromatic heterocycles. The minimum absolute atomic E-state index is 0.0259. The molecule has 1 aromatic carbocycles. The molecule has 0 saturated heterocycles. The number of halogens is 4. The first-order valence-electron chi connectivity index (χ1n) is 7.29. The van der Waals surface area contributed by atoms with Crippen LogP contribution in [0.25, 0.3) is 0 Å². The van der Waals surface area contributed by atoms with Crippen molar-refractivity contribution in [3.05, 3.63) is 48.0 Å². The van der Waals surface area contributed by atoms with E-state index in [0.717, 1.165) is 12.1 Å². The number of Topliss-reactive ketones (excluding diaryl/α,β-unsaturated/α-hetero) is 2. The molecule has 136 valence electrons. The summed E-state index contributed by atoms with van der Waals surface area (Å²) in [7, 11) is 0. The van der Waals surface area contributed by atoms with Crippen LogP contribution in [0.2, 0.25) is 0 Å². The Kier molecular flexibility index (Phi) is 4.70. The molecule has 1 aliphatic heterocycles. The molecule has 0 radical (unpaired) electrons. The lowest BCUT2D eigenvalue weighted by Gasteiger charge is -2.31. The number of hydrogen-bond donors (Lipinski definition) is 0. The van der Waals surface area contributed by atoms with Gasteiger partial charge in [0.05, 0.1) is 10.5 Å². The highest BCUT2D eigenvalue weighted by molar-refractivity contribution is 8.00. The van der Waals surface area contributed by atoms with Crippen LogP contribution in [-0.2, 0) is 0 Å². The number of aromatic nitrogens is 2. The number of nitrogens with zero attached hydrogens (tertiary/aromatic N) is 2. The summed E-state index contributed by atoms with van der Waals surface area (Å²) in [5, 5.41) is -4.45. The molecular formula is C16H10F4N2O3S. The number of carbonyl (C=O) groups is 2. The topological polar surface area (TPSA) is 69.2 Å². The summed E-state index contributed by atoms with van der Waals surface area (Å²) in [6.45, 7) is 0. The Labute approximate surface area is 148 Å². The number of ketones is 2. The standard InChI is InChI=1S/C16H10F4N2O3S/c17-15(18)16(19,20)26-14-5-9(1-4-13(14)25-15)11(23)2-3-12(24)10-6-21-8-22-7-10/h1,4-8H,2-3H2. The predicted molar refractivity (Wildman–Crippen MR) is 82.7 cm³/mol. The molecule has 0 aliphatic carbocycles. The third-order valence-corrected chi connectivity index (χ3v) is 4.58. The van der Waals surface area contributed by atoms with Gasteiger partial charge in [0.1, 0.15) is 12.1 Å². The second-order valence-corrected chi connectivity index (χ2v) is 6.53. The van der Waals surface area contributed by atoms with E-state index in [0.29, 0.717) is 0 Å². The van der Waals surface area contributed by atoms with E-state index < -0.39 is 22.9 Å². The fraction of sp³-hybridized carbons (Fsp3) is 0.250. The molecule has 3 rings (SSSR count). The van der Waals surface area contributed by atoms with Gasteiger partial charge in [-0.25, -0.2) is 9.97 Å². The number of benzene rings is 1. The number of carbonyl (C=O) groups excluding carboxylic acids is 2. The lowest BCUT2D eigenvalue weighted by molar-refractivity contribution is -0.273. The molecular weight excluding hydrogens is 376 g/mol. The Morgan fingerprint density at radius 3 is 2.27 bits per heavy atom. The normalized spacial score (nSPS) is 17.1. The van der Waals surface area contributed by atoms with Gasteiger partial charge in [-0.3, -0.25) is 9.59 Å². The zero-order valence-electron chi connectivity index (χ0n) is 12.9. The number of thioether (sulfide) groups is 1. The van der Waals surface area contributed by atoms with Crippen molar-refractivity contribution in [1.82, 2.24) is 9.97 Å². The molecule has 0 spiro atoms. The summed E-state index contributed by atoms with van der Waals surface area (Å²) >= 11 is -0.370. The third-order valence-electron chi connectivity index (χ3n) is 3.54. The van der Waals surface area contributed by atoms with E-state index in [1.807, 2.05) is 0 Å². The smallest absolute Gasteiger partial charge is 0.426 e. The maximum Gasteiger partial charge on any atom is 0.475 e. The largest absolute Gasteiger partial charge is 0.475 e. The average Bonchev–Trinajstić information content (AvgIpc) is 2.60. The van der Waals surface area contributed by atoms with E-state index in [2.05, 4.69) is 14.7 Å². The van der Waals surface area contributed by atoms with Gasteiger partial charge in [-0.05, 0) is 30.0 Å². The van der Waals surface area contributed by atoms with Crippen LogP contribution < -0.4 is 4.74 Å². The molecule has 10 heteroatoms. The summed E-state index contributed by atoms with van der Waals surface area (Å²) < 4.78 is 57.2. The van der Waals surface area contributed by atoms with Crippen molar-refractivity contribution in [3.8, 4) is 5.75 Å². The zero-order valence-corrected chi connectivity index (χ0v) is 13.7. The second-order valence-electron chi connectivity index (χ2n) is 5.37. The number of fused-ring (bicyclic) bond motifs is 1. The number of rotatable bonds is 5. The van der Waals surface area contributed by atoms with E-state index in [4.69, 9.17) is 0 Å². The number of alkyl halides is 4. The van der Waals surface area contributed by atoms with Crippen LogP contribution >= 0.6 is 11.8 Å². The van der Waals surface area contributed by atoms with Gasteiger partial charge in [-0.15, -0.1) is 0 Å². The summed E-state index contributed by atoms with van der Waals surface area (Å²) in [5.41, 5.74) is 0.273. The monoisotopic (exact) mass is 386 g/mol. The van der Waals surface area contributed by atoms with Gasteiger partial charge in [-0.2, -0.15) is 17.6 Å². The zero-order chi connectivity index (χ0) is 18.9. The fourth-order valence-corrected chi connectivity index (χ4v) is 3.03. The maximum atomic E-state index is 13.4. The SMILES string of the molecule is O=C(CCC(=O)c1ccc2c(c1)SC(F)(F)C(F)(F)O2)c1cncnc1. The van der Waals surface area contributed by atoms with E-state index in [1.165, 1.54) is 24.8 Å². The van der Waals surface area contributed by atoms with Gasteiger partial charge in [0, 0.05) is 30.8 Å². The first kappa shape index (κ1) is 18.3. The Morgan fingerprint density at radius 2 is 1.62 bits per heavy atom. The summed E-state index contributed by atoms with van der Waals surface area (Å²) in [5.74, 6) is -1.26. The van der Waals surface area contributed by atoms with E-state index in [1.54, 1.807) is 0 Å². The number of hydrogen-bond acceptors (Lipinski definition) is 6. The molecule has 0 amide bonds. The van der Waals surface area contributed by atoms with Crippen LogP contribution in [0.15, 0.2) is 41.8 Å². The van der Waals surface area contributed by atoms with Crippen LogP contribution in [0, 0.1) is 0 Å². The highest BCUT2D eigenvalue weighted by Crippen LogP contribution is 2.54. The van der Waals surface area contributed by atoms with Crippen molar-refractivity contribution in [3.63, 3.8) is 0 Å². The first-order valence-corrected chi connectivity index (χ1v) is 8.10. The van der Waals surface area contributed by atoms with Gasteiger partial charge in [0.25, 0.3) is 0 Å². The average molecular weight is 386 g/mol. The van der Waals surface area contributed by atoms with Crippen molar-refractivity contribution in [2.75, 3.05) is 0 Å². The van der Waals surface area contributed by atoms with Gasteiger partial charge in [0.15, 0.2) is 11.6 Å². The van der Waals surface area contributed by atoms with Crippen molar-refractivity contribution < 1.29 is 31.9 Å². The third kappa shape index (κ3) is 3.55. The molecule has 0 bridgehead atoms. The quantitative estimate of drug-likeness (QED) is 0.572. The summed E-state index contributed by atoms with van der Waals surface area (Å²) in [6, 6.07) is 3.28. The van der Waals surface area contributed by atoms with Crippen molar-refractivity contribution in [2.45, 2.75) is 29.1 Å². The van der Waals surface area contributed by atoms with E-state index in [9.17, 15) is 27.2 Å². The van der Waals surface area contributed by atoms with Gasteiger partial charge in [0.2, 0.25) is 0 Å².